The Hall–Kier alpha value is -2.51. The number of nitrogens with one attached hydrogen (secondary N) is 1. The van der Waals surface area contributed by atoms with Gasteiger partial charge in [-0.05, 0) is 32.5 Å². The zero-order valence-electron chi connectivity index (χ0n) is 16.4. The fourth-order valence-corrected chi connectivity index (χ4v) is 4.04. The fraction of sp³-hybridized carbons (Fsp3) is 0.476. The molecule has 28 heavy (non-hydrogen) atoms. The Labute approximate surface area is 165 Å². The smallest absolute Gasteiger partial charge is 0.270 e. The molecule has 1 amide bonds. The molecule has 2 aliphatic heterocycles. The second-order valence-corrected chi connectivity index (χ2v) is 7.79. The van der Waals surface area contributed by atoms with Crippen molar-refractivity contribution in [2.24, 2.45) is 0 Å². The van der Waals surface area contributed by atoms with Crippen molar-refractivity contribution in [2.45, 2.75) is 31.4 Å². The minimum absolute atomic E-state index is 0.0517. The summed E-state index contributed by atoms with van der Waals surface area (Å²) in [5.74, 6) is 1.36. The second-order valence-electron chi connectivity index (χ2n) is 7.79. The molecule has 1 saturated heterocycles. The van der Waals surface area contributed by atoms with Crippen molar-refractivity contribution in [2.75, 3.05) is 38.6 Å². The maximum atomic E-state index is 12.4. The van der Waals surface area contributed by atoms with E-state index in [-0.39, 0.29) is 11.9 Å². The highest BCUT2D eigenvalue weighted by Gasteiger charge is 2.36. The summed E-state index contributed by atoms with van der Waals surface area (Å²) < 4.78 is 0. The quantitative estimate of drug-likeness (QED) is 0.792. The molecule has 0 aliphatic carbocycles. The van der Waals surface area contributed by atoms with E-state index < -0.39 is 6.10 Å². The first-order valence-electron chi connectivity index (χ1n) is 9.84. The van der Waals surface area contributed by atoms with Crippen LogP contribution in [0, 0.1) is 0 Å². The number of likely N-dealkylation sites (N-methyl/N-ethyl adjacent to an activating group) is 1. The summed E-state index contributed by atoms with van der Waals surface area (Å²) in [5.41, 5.74) is 2.61. The van der Waals surface area contributed by atoms with Crippen molar-refractivity contribution >= 4 is 11.7 Å². The topological polar surface area (TPSA) is 81.6 Å². The number of β-amino-alcohol motifs (C(OH)–C–C–N with tert-alkyl or cyclic N) is 1. The van der Waals surface area contributed by atoms with E-state index >= 15 is 0 Å². The average molecular weight is 381 g/mol. The molecular weight excluding hydrogens is 354 g/mol. The van der Waals surface area contributed by atoms with Crippen LogP contribution in [0.5, 0.6) is 0 Å². The molecule has 1 aromatic carbocycles. The summed E-state index contributed by atoms with van der Waals surface area (Å²) >= 11 is 0. The number of benzene rings is 1. The van der Waals surface area contributed by atoms with Crippen LogP contribution in [0.2, 0.25) is 0 Å². The van der Waals surface area contributed by atoms with Crippen molar-refractivity contribution in [3.63, 3.8) is 0 Å². The maximum absolute atomic E-state index is 12.4. The number of carbonyl (C=O) groups excluding carboxylic acids is 1. The molecule has 7 heteroatoms. The van der Waals surface area contributed by atoms with Gasteiger partial charge in [-0.2, -0.15) is 0 Å². The highest BCUT2D eigenvalue weighted by Crippen LogP contribution is 2.28. The van der Waals surface area contributed by atoms with Crippen LogP contribution in [0.4, 0.5) is 5.82 Å². The number of aliphatic hydroxyl groups is 1. The Kier molecular flexibility index (Phi) is 5.28. The van der Waals surface area contributed by atoms with E-state index in [1.165, 1.54) is 5.56 Å². The van der Waals surface area contributed by atoms with Crippen molar-refractivity contribution in [1.82, 2.24) is 20.2 Å². The lowest BCUT2D eigenvalue weighted by molar-refractivity contribution is 0.0940. The monoisotopic (exact) mass is 381 g/mol. The van der Waals surface area contributed by atoms with Crippen molar-refractivity contribution in [3.05, 3.63) is 53.0 Å². The van der Waals surface area contributed by atoms with E-state index in [0.717, 1.165) is 17.8 Å². The van der Waals surface area contributed by atoms with E-state index in [1.54, 1.807) is 0 Å². The van der Waals surface area contributed by atoms with Gasteiger partial charge in [-0.15, -0.1) is 0 Å². The highest BCUT2D eigenvalue weighted by molar-refractivity contribution is 5.96. The number of anilines is 1. The lowest BCUT2D eigenvalue weighted by atomic mass is 10.0. The number of fused-ring (bicyclic) bond motifs is 1. The van der Waals surface area contributed by atoms with Gasteiger partial charge in [0, 0.05) is 31.6 Å². The molecule has 3 heterocycles. The Morgan fingerprint density at radius 1 is 1.18 bits per heavy atom. The van der Waals surface area contributed by atoms with Crippen LogP contribution in [0.3, 0.4) is 0 Å². The molecule has 0 bridgehead atoms. The molecule has 1 fully saturated rings. The molecule has 0 radical (unpaired) electrons. The lowest BCUT2D eigenvalue weighted by Crippen LogP contribution is -2.38. The number of carbonyl (C=O) groups is 1. The third kappa shape index (κ3) is 3.72. The maximum Gasteiger partial charge on any atom is 0.270 e. The first-order chi connectivity index (χ1) is 13.5. The van der Waals surface area contributed by atoms with Gasteiger partial charge in [0.05, 0.1) is 12.1 Å². The normalized spacial score (nSPS) is 21.7. The van der Waals surface area contributed by atoms with Crippen LogP contribution in [-0.2, 0) is 19.3 Å². The number of hydrogen-bond acceptors (Lipinski definition) is 6. The van der Waals surface area contributed by atoms with Crippen LogP contribution < -0.4 is 10.2 Å². The summed E-state index contributed by atoms with van der Waals surface area (Å²) in [5, 5.41) is 13.3. The molecule has 2 atom stereocenters. The Morgan fingerprint density at radius 3 is 2.68 bits per heavy atom. The van der Waals surface area contributed by atoms with Gasteiger partial charge in [0.15, 0.2) is 0 Å². The number of amides is 1. The zero-order valence-corrected chi connectivity index (χ0v) is 16.4. The Bertz CT molecular complexity index is 855. The molecular formula is C21H27N5O2. The van der Waals surface area contributed by atoms with Crippen molar-refractivity contribution < 1.29 is 9.90 Å². The van der Waals surface area contributed by atoms with E-state index in [2.05, 4.69) is 27.3 Å². The van der Waals surface area contributed by atoms with Gasteiger partial charge in [0.25, 0.3) is 5.91 Å². The van der Waals surface area contributed by atoms with Crippen molar-refractivity contribution in [3.8, 4) is 0 Å². The summed E-state index contributed by atoms with van der Waals surface area (Å²) in [4.78, 5) is 26.0. The van der Waals surface area contributed by atoms with Crippen LogP contribution >= 0.6 is 0 Å². The summed E-state index contributed by atoms with van der Waals surface area (Å²) in [6, 6.07) is 10.3. The third-order valence-corrected chi connectivity index (χ3v) is 5.61. The number of aromatic nitrogens is 2. The first kappa shape index (κ1) is 18.8. The SMILES string of the molecule is CN(C)[C@H]1CN(c2nc(CCc3ccccc3)nc3c2CCNC3=O)C[C@@H]1O. The number of aryl methyl sites for hydroxylation is 2. The average Bonchev–Trinajstić information content (AvgIpc) is 3.09. The molecule has 0 unspecified atom stereocenters. The predicted molar refractivity (Wildman–Crippen MR) is 108 cm³/mol. The minimum atomic E-state index is -0.439. The van der Waals surface area contributed by atoms with Gasteiger partial charge < -0.3 is 20.2 Å². The third-order valence-electron chi connectivity index (χ3n) is 5.61. The largest absolute Gasteiger partial charge is 0.390 e. The number of rotatable bonds is 5. The molecule has 4 rings (SSSR count). The van der Waals surface area contributed by atoms with Gasteiger partial charge >= 0.3 is 0 Å². The standard InChI is InChI=1S/C21H27N5O2/c1-25(2)16-12-26(13-17(16)27)20-15-10-11-22-21(28)19(15)23-18(24-20)9-8-14-6-4-3-5-7-14/h3-7,16-17,27H,8-13H2,1-2H3,(H,22,28)/t16-,17-/m0/s1. The molecule has 0 saturated carbocycles. The van der Waals surface area contributed by atoms with Crippen molar-refractivity contribution in [1.29, 1.82) is 0 Å². The van der Waals surface area contributed by atoms with Gasteiger partial charge in [0.2, 0.25) is 0 Å². The predicted octanol–water partition coefficient (Wildman–Crippen LogP) is 0.659. The molecule has 2 aliphatic rings. The number of aliphatic hydroxyl groups excluding tert-OH is 1. The van der Waals surface area contributed by atoms with Gasteiger partial charge in [-0.25, -0.2) is 9.97 Å². The Morgan fingerprint density at radius 2 is 1.96 bits per heavy atom. The summed E-state index contributed by atoms with van der Waals surface area (Å²) in [6.07, 6.45) is 1.77. The highest BCUT2D eigenvalue weighted by atomic mass is 16.3. The molecule has 0 spiro atoms. The van der Waals surface area contributed by atoms with Crippen LogP contribution in [0.1, 0.15) is 27.4 Å². The van der Waals surface area contributed by atoms with Gasteiger partial charge in [-0.1, -0.05) is 30.3 Å². The minimum Gasteiger partial charge on any atom is -0.390 e. The van der Waals surface area contributed by atoms with E-state index in [4.69, 9.17) is 4.98 Å². The Balaban J connectivity index is 1.65. The van der Waals surface area contributed by atoms with E-state index in [9.17, 15) is 9.90 Å². The molecule has 2 aromatic rings. The molecule has 1 aromatic heterocycles. The van der Waals surface area contributed by atoms with E-state index in [0.29, 0.717) is 44.0 Å². The number of hydrogen-bond donors (Lipinski definition) is 2. The van der Waals surface area contributed by atoms with Gasteiger partial charge in [-0.3, -0.25) is 4.79 Å². The molecule has 7 nitrogen and oxygen atoms in total. The number of nitrogens with zero attached hydrogens (tertiary/aromatic N) is 4. The zero-order chi connectivity index (χ0) is 19.7. The summed E-state index contributed by atoms with van der Waals surface area (Å²) in [7, 11) is 3.96. The second kappa shape index (κ2) is 7.85. The van der Waals surface area contributed by atoms with Gasteiger partial charge in [0.1, 0.15) is 17.3 Å². The molecule has 2 N–H and O–H groups in total. The first-order valence-corrected chi connectivity index (χ1v) is 9.84. The fourth-order valence-electron chi connectivity index (χ4n) is 4.04. The van der Waals surface area contributed by atoms with Crippen LogP contribution in [0.25, 0.3) is 0 Å². The van der Waals surface area contributed by atoms with E-state index in [1.807, 2.05) is 37.2 Å². The van der Waals surface area contributed by atoms with Crippen LogP contribution in [-0.4, -0.2) is 71.8 Å². The molecule has 148 valence electrons. The van der Waals surface area contributed by atoms with Crippen LogP contribution in [0.15, 0.2) is 30.3 Å². The lowest BCUT2D eigenvalue weighted by Gasteiger charge is -2.26. The summed E-state index contributed by atoms with van der Waals surface area (Å²) in [6.45, 7) is 1.81.